The number of fused-ring (bicyclic) bond motifs is 1. The number of nitrogens with one attached hydrogen (secondary N) is 1. The van der Waals surface area contributed by atoms with Gasteiger partial charge >= 0.3 is 0 Å². The van der Waals surface area contributed by atoms with Crippen LogP contribution in [0.2, 0.25) is 0 Å². The molecule has 1 amide bonds. The van der Waals surface area contributed by atoms with E-state index in [1.165, 1.54) is 35.7 Å². The minimum Gasteiger partial charge on any atom is -0.495 e. The Morgan fingerprint density at radius 1 is 1.16 bits per heavy atom. The van der Waals surface area contributed by atoms with Gasteiger partial charge in [-0.2, -0.15) is 4.31 Å². The molecule has 0 radical (unpaired) electrons. The lowest BCUT2D eigenvalue weighted by atomic mass is 10.0. The summed E-state index contributed by atoms with van der Waals surface area (Å²) in [6.07, 6.45) is 0.242. The second-order valence-electron chi connectivity index (χ2n) is 7.13. The van der Waals surface area contributed by atoms with Crippen LogP contribution in [0.25, 0.3) is 0 Å². The molecule has 2 aromatic carbocycles. The highest BCUT2D eigenvalue weighted by molar-refractivity contribution is 7.91. The number of methoxy groups -OCH3 is 1. The number of hydrogen-bond donors (Lipinski definition) is 1. The SMILES string of the molecule is CCN(CC)S(=O)(=O)c1cc(C(=O)NC2CCS(=O)(=O)c3ccccc32)ccc1OC. The molecule has 0 spiro atoms. The largest absolute Gasteiger partial charge is 0.495 e. The van der Waals surface area contributed by atoms with E-state index in [2.05, 4.69) is 5.32 Å². The Morgan fingerprint density at radius 3 is 2.48 bits per heavy atom. The Kier molecular flexibility index (Phi) is 6.73. The Labute approximate surface area is 183 Å². The van der Waals surface area contributed by atoms with Crippen molar-refractivity contribution in [1.29, 1.82) is 0 Å². The monoisotopic (exact) mass is 466 g/mol. The molecule has 10 heteroatoms. The molecule has 0 saturated carbocycles. The molecular weight excluding hydrogens is 440 g/mol. The second-order valence-corrected chi connectivity index (χ2v) is 11.1. The minimum absolute atomic E-state index is 0.0703. The molecule has 1 aliphatic heterocycles. The second kappa shape index (κ2) is 8.97. The first-order chi connectivity index (χ1) is 14.7. The average molecular weight is 467 g/mol. The Balaban J connectivity index is 1.95. The van der Waals surface area contributed by atoms with Gasteiger partial charge in [0.15, 0.2) is 9.84 Å². The maximum absolute atomic E-state index is 13.0. The van der Waals surface area contributed by atoms with Gasteiger partial charge < -0.3 is 10.1 Å². The standard InChI is InChI=1S/C21H26N2O6S2/c1-4-23(5-2)31(27,28)20-14-15(10-11-18(20)29-3)21(24)22-17-12-13-30(25,26)19-9-7-6-8-16(17)19/h6-11,14,17H,4-5,12-13H2,1-3H3,(H,22,24). The fourth-order valence-corrected chi connectivity index (χ4v) is 6.96. The molecule has 0 aliphatic carbocycles. The van der Waals surface area contributed by atoms with Crippen molar-refractivity contribution in [2.75, 3.05) is 26.0 Å². The molecule has 8 nitrogen and oxygen atoms in total. The van der Waals surface area contributed by atoms with Crippen LogP contribution in [0.3, 0.4) is 0 Å². The van der Waals surface area contributed by atoms with Crippen LogP contribution in [0.1, 0.15) is 42.2 Å². The van der Waals surface area contributed by atoms with E-state index in [1.54, 1.807) is 32.0 Å². The third-order valence-corrected chi connectivity index (χ3v) is 9.25. The van der Waals surface area contributed by atoms with Gasteiger partial charge in [0.25, 0.3) is 5.91 Å². The smallest absolute Gasteiger partial charge is 0.251 e. The van der Waals surface area contributed by atoms with Crippen molar-refractivity contribution in [3.63, 3.8) is 0 Å². The fraction of sp³-hybridized carbons (Fsp3) is 0.381. The van der Waals surface area contributed by atoms with E-state index >= 15 is 0 Å². The molecule has 0 aromatic heterocycles. The van der Waals surface area contributed by atoms with Gasteiger partial charge in [-0.3, -0.25) is 4.79 Å². The van der Waals surface area contributed by atoms with E-state index in [4.69, 9.17) is 4.74 Å². The number of carbonyl (C=O) groups is 1. The average Bonchev–Trinajstić information content (AvgIpc) is 2.76. The number of hydrogen-bond acceptors (Lipinski definition) is 6. The van der Waals surface area contributed by atoms with Gasteiger partial charge in [0.1, 0.15) is 10.6 Å². The molecule has 0 saturated heterocycles. The lowest BCUT2D eigenvalue weighted by Gasteiger charge is -2.26. The highest BCUT2D eigenvalue weighted by atomic mass is 32.2. The first-order valence-corrected chi connectivity index (χ1v) is 13.1. The van der Waals surface area contributed by atoms with Crippen molar-refractivity contribution in [3.8, 4) is 5.75 Å². The number of benzene rings is 2. The van der Waals surface area contributed by atoms with E-state index in [-0.39, 0.29) is 46.4 Å². The van der Waals surface area contributed by atoms with Crippen LogP contribution < -0.4 is 10.1 Å². The summed E-state index contributed by atoms with van der Waals surface area (Å²) >= 11 is 0. The molecule has 1 atom stereocenters. The highest BCUT2D eigenvalue weighted by Gasteiger charge is 2.32. The number of sulfonamides is 1. The van der Waals surface area contributed by atoms with Crippen molar-refractivity contribution >= 4 is 25.8 Å². The summed E-state index contributed by atoms with van der Waals surface area (Å²) in [7, 11) is -5.86. The zero-order valence-corrected chi connectivity index (χ0v) is 19.3. The van der Waals surface area contributed by atoms with Crippen LogP contribution in [0.4, 0.5) is 0 Å². The topological polar surface area (TPSA) is 110 Å². The molecule has 1 N–H and O–H groups in total. The lowest BCUT2D eigenvalue weighted by Crippen LogP contribution is -2.34. The van der Waals surface area contributed by atoms with Crippen molar-refractivity contribution in [1.82, 2.24) is 9.62 Å². The first-order valence-electron chi connectivity index (χ1n) is 9.96. The van der Waals surface area contributed by atoms with Gasteiger partial charge in [-0.25, -0.2) is 16.8 Å². The number of rotatable bonds is 7. The van der Waals surface area contributed by atoms with Gasteiger partial charge in [0.2, 0.25) is 10.0 Å². The van der Waals surface area contributed by atoms with Crippen molar-refractivity contribution < 1.29 is 26.4 Å². The van der Waals surface area contributed by atoms with E-state index in [1.807, 2.05) is 0 Å². The maximum Gasteiger partial charge on any atom is 0.251 e. The van der Waals surface area contributed by atoms with Crippen LogP contribution in [0.5, 0.6) is 5.75 Å². The van der Waals surface area contributed by atoms with Crippen molar-refractivity contribution in [2.45, 2.75) is 36.1 Å². The molecule has 1 aliphatic rings. The minimum atomic E-state index is -3.85. The molecule has 2 aromatic rings. The molecular formula is C21H26N2O6S2. The zero-order valence-electron chi connectivity index (χ0n) is 17.7. The van der Waals surface area contributed by atoms with Crippen LogP contribution >= 0.6 is 0 Å². The van der Waals surface area contributed by atoms with Gasteiger partial charge in [-0.05, 0) is 36.2 Å². The Bertz CT molecular complexity index is 1190. The molecule has 0 fully saturated rings. The van der Waals surface area contributed by atoms with E-state index in [9.17, 15) is 21.6 Å². The third-order valence-electron chi connectivity index (χ3n) is 5.36. The first kappa shape index (κ1) is 23.2. The Morgan fingerprint density at radius 2 is 1.84 bits per heavy atom. The number of carbonyl (C=O) groups excluding carboxylic acids is 1. The summed E-state index contributed by atoms with van der Waals surface area (Å²) in [4.78, 5) is 13.1. The van der Waals surface area contributed by atoms with Crippen molar-refractivity contribution in [3.05, 3.63) is 53.6 Å². The predicted molar refractivity (Wildman–Crippen MR) is 116 cm³/mol. The molecule has 0 bridgehead atoms. The summed E-state index contributed by atoms with van der Waals surface area (Å²) in [5.74, 6) is -0.408. The van der Waals surface area contributed by atoms with E-state index in [0.717, 1.165) is 0 Å². The van der Waals surface area contributed by atoms with E-state index < -0.39 is 31.8 Å². The number of sulfone groups is 1. The molecule has 1 unspecified atom stereocenters. The number of amides is 1. The molecule has 31 heavy (non-hydrogen) atoms. The van der Waals surface area contributed by atoms with E-state index in [0.29, 0.717) is 5.56 Å². The number of nitrogens with zero attached hydrogens (tertiary/aromatic N) is 1. The summed E-state index contributed by atoms with van der Waals surface area (Å²) in [5.41, 5.74) is 0.684. The van der Waals surface area contributed by atoms with Gasteiger partial charge in [0.05, 0.1) is 23.8 Å². The summed E-state index contributed by atoms with van der Waals surface area (Å²) in [6.45, 7) is 4.04. The van der Waals surface area contributed by atoms with Gasteiger partial charge in [-0.15, -0.1) is 0 Å². The van der Waals surface area contributed by atoms with Crippen LogP contribution in [0.15, 0.2) is 52.3 Å². The molecule has 168 valence electrons. The third kappa shape index (κ3) is 4.46. The summed E-state index contributed by atoms with van der Waals surface area (Å²) in [5, 5.41) is 2.85. The van der Waals surface area contributed by atoms with Crippen LogP contribution in [-0.4, -0.2) is 53.0 Å². The molecule has 3 rings (SSSR count). The molecule has 1 heterocycles. The van der Waals surface area contributed by atoms with Gasteiger partial charge in [-0.1, -0.05) is 32.0 Å². The highest BCUT2D eigenvalue weighted by Crippen LogP contribution is 2.33. The van der Waals surface area contributed by atoms with Crippen LogP contribution in [-0.2, 0) is 19.9 Å². The fourth-order valence-electron chi connectivity index (χ4n) is 3.70. The van der Waals surface area contributed by atoms with Crippen LogP contribution in [0, 0.1) is 0 Å². The maximum atomic E-state index is 13.0. The summed E-state index contributed by atoms with van der Waals surface area (Å²) < 4.78 is 57.2. The predicted octanol–water partition coefficient (Wildman–Crippen LogP) is 2.37. The normalized spacial score (nSPS) is 17.7. The quantitative estimate of drug-likeness (QED) is 0.671. The summed E-state index contributed by atoms with van der Waals surface area (Å²) in [6, 6.07) is 10.3. The van der Waals surface area contributed by atoms with Crippen molar-refractivity contribution in [2.24, 2.45) is 0 Å². The number of ether oxygens (including phenoxy) is 1. The Hall–Kier alpha value is -2.43. The lowest BCUT2D eigenvalue weighted by molar-refractivity contribution is 0.0934. The zero-order chi connectivity index (χ0) is 22.8. The van der Waals surface area contributed by atoms with Gasteiger partial charge in [0, 0.05) is 18.7 Å².